The molecule has 0 aliphatic heterocycles. The summed E-state index contributed by atoms with van der Waals surface area (Å²) in [6.07, 6.45) is 0.534. The third kappa shape index (κ3) is 3.61. The van der Waals surface area contributed by atoms with E-state index in [2.05, 4.69) is 0 Å². The fourth-order valence-electron chi connectivity index (χ4n) is 1.76. The van der Waals surface area contributed by atoms with Gasteiger partial charge in [0.2, 0.25) is 0 Å². The van der Waals surface area contributed by atoms with E-state index < -0.39 is 8.80 Å². The molecule has 0 saturated heterocycles. The lowest BCUT2D eigenvalue weighted by atomic mass is 10.3. The molecule has 6 heteroatoms. The van der Waals surface area contributed by atoms with Crippen molar-refractivity contribution in [2.24, 2.45) is 11.5 Å². The standard InChI is InChI=1S/C12H22N2O3Si/c1-15-18(16-2,12-6-4-3-5-7-12)17-11(10-14)8-9-13/h3-7,11H,8-10,13-14H2,1-2H3. The third-order valence-electron chi connectivity index (χ3n) is 2.74. The van der Waals surface area contributed by atoms with Crippen molar-refractivity contribution in [1.82, 2.24) is 0 Å². The topological polar surface area (TPSA) is 79.7 Å². The molecule has 102 valence electrons. The van der Waals surface area contributed by atoms with Crippen LogP contribution in [-0.4, -0.2) is 42.2 Å². The fraction of sp³-hybridized carbons (Fsp3) is 0.500. The first kappa shape index (κ1) is 15.3. The molecule has 0 heterocycles. The van der Waals surface area contributed by atoms with E-state index in [1.165, 1.54) is 0 Å². The van der Waals surface area contributed by atoms with Gasteiger partial charge >= 0.3 is 8.80 Å². The summed E-state index contributed by atoms with van der Waals surface area (Å²) in [5.41, 5.74) is 11.2. The van der Waals surface area contributed by atoms with E-state index in [0.29, 0.717) is 19.5 Å². The van der Waals surface area contributed by atoms with Crippen LogP contribution >= 0.6 is 0 Å². The molecule has 1 aromatic carbocycles. The van der Waals surface area contributed by atoms with E-state index in [0.717, 1.165) is 5.19 Å². The second-order valence-corrected chi connectivity index (χ2v) is 6.63. The van der Waals surface area contributed by atoms with Gasteiger partial charge in [-0.2, -0.15) is 0 Å². The minimum atomic E-state index is -2.88. The Balaban J connectivity index is 2.93. The summed E-state index contributed by atoms with van der Waals surface area (Å²) in [5, 5.41) is 0.922. The summed E-state index contributed by atoms with van der Waals surface area (Å²) in [6.45, 7) is 0.917. The van der Waals surface area contributed by atoms with Crippen LogP contribution in [0.4, 0.5) is 0 Å². The van der Waals surface area contributed by atoms with Crippen LogP contribution in [0.1, 0.15) is 6.42 Å². The molecule has 1 rings (SSSR count). The third-order valence-corrected chi connectivity index (χ3v) is 5.50. The van der Waals surface area contributed by atoms with Gasteiger partial charge in [0.15, 0.2) is 0 Å². The van der Waals surface area contributed by atoms with Crippen LogP contribution in [0.5, 0.6) is 0 Å². The summed E-state index contributed by atoms with van der Waals surface area (Å²) >= 11 is 0. The Hall–Kier alpha value is -0.763. The number of rotatable bonds is 8. The molecule has 5 nitrogen and oxygen atoms in total. The molecule has 0 aliphatic rings. The monoisotopic (exact) mass is 270 g/mol. The van der Waals surface area contributed by atoms with Crippen molar-refractivity contribution in [3.05, 3.63) is 30.3 Å². The summed E-state index contributed by atoms with van der Waals surface area (Å²) < 4.78 is 17.1. The van der Waals surface area contributed by atoms with E-state index in [-0.39, 0.29) is 6.10 Å². The molecule has 0 aromatic heterocycles. The summed E-state index contributed by atoms with van der Waals surface area (Å²) in [6, 6.07) is 9.68. The molecule has 0 saturated carbocycles. The first-order chi connectivity index (χ1) is 8.72. The predicted octanol–water partition coefficient (Wildman–Crippen LogP) is -0.182. The fourth-order valence-corrected chi connectivity index (χ4v) is 3.98. The van der Waals surface area contributed by atoms with Crippen molar-refractivity contribution in [1.29, 1.82) is 0 Å². The highest BCUT2D eigenvalue weighted by Crippen LogP contribution is 2.12. The maximum absolute atomic E-state index is 6.00. The van der Waals surface area contributed by atoms with Gasteiger partial charge in [0.25, 0.3) is 0 Å². The predicted molar refractivity (Wildman–Crippen MR) is 73.4 cm³/mol. The largest absolute Gasteiger partial charge is 0.536 e. The summed E-state index contributed by atoms with van der Waals surface area (Å²) in [4.78, 5) is 0. The van der Waals surface area contributed by atoms with Gasteiger partial charge in [0.05, 0.1) is 6.10 Å². The molecule has 0 spiro atoms. The lowest BCUT2D eigenvalue weighted by Crippen LogP contribution is -2.58. The van der Waals surface area contributed by atoms with E-state index >= 15 is 0 Å². The zero-order valence-electron chi connectivity index (χ0n) is 11.0. The van der Waals surface area contributed by atoms with E-state index in [9.17, 15) is 0 Å². The van der Waals surface area contributed by atoms with Crippen molar-refractivity contribution in [3.63, 3.8) is 0 Å². The Morgan fingerprint density at radius 2 is 1.72 bits per heavy atom. The maximum Gasteiger partial charge on any atom is 0.536 e. The second kappa shape index (κ2) is 7.62. The van der Waals surface area contributed by atoms with Gasteiger partial charge in [-0.15, -0.1) is 0 Å². The van der Waals surface area contributed by atoms with Crippen LogP contribution in [0.2, 0.25) is 0 Å². The quantitative estimate of drug-likeness (QED) is 0.641. The van der Waals surface area contributed by atoms with E-state index in [1.807, 2.05) is 30.3 Å². The Kier molecular flexibility index (Phi) is 6.48. The smallest absolute Gasteiger partial charge is 0.373 e. The molecule has 1 atom stereocenters. The van der Waals surface area contributed by atoms with Crippen molar-refractivity contribution >= 4 is 14.0 Å². The molecule has 0 fully saturated rings. The average molecular weight is 270 g/mol. The lowest BCUT2D eigenvalue weighted by molar-refractivity contribution is 0.0685. The maximum atomic E-state index is 6.00. The molecule has 0 bridgehead atoms. The zero-order chi connectivity index (χ0) is 13.4. The molecule has 0 amide bonds. The molecule has 0 radical (unpaired) electrons. The highest BCUT2D eigenvalue weighted by molar-refractivity contribution is 6.75. The first-order valence-corrected chi connectivity index (χ1v) is 7.68. The normalized spacial score (nSPS) is 13.6. The number of hydrogen-bond acceptors (Lipinski definition) is 5. The molecule has 1 unspecified atom stereocenters. The van der Waals surface area contributed by atoms with E-state index in [1.54, 1.807) is 14.2 Å². The number of nitrogens with two attached hydrogens (primary N) is 2. The van der Waals surface area contributed by atoms with Crippen molar-refractivity contribution in [2.75, 3.05) is 27.3 Å². The highest BCUT2D eigenvalue weighted by Gasteiger charge is 2.43. The molecule has 4 N–H and O–H groups in total. The van der Waals surface area contributed by atoms with Gasteiger partial charge in [-0.3, -0.25) is 0 Å². The summed E-state index contributed by atoms with van der Waals surface area (Å²) in [7, 11) is 0.316. The highest BCUT2D eigenvalue weighted by atomic mass is 28.4. The Labute approximate surface area is 109 Å². The minimum Gasteiger partial charge on any atom is -0.373 e. The van der Waals surface area contributed by atoms with Gasteiger partial charge in [0.1, 0.15) is 0 Å². The van der Waals surface area contributed by atoms with Crippen molar-refractivity contribution in [3.8, 4) is 0 Å². The van der Waals surface area contributed by atoms with E-state index in [4.69, 9.17) is 24.7 Å². The van der Waals surface area contributed by atoms with Gasteiger partial charge in [-0.25, -0.2) is 0 Å². The Bertz CT molecular complexity index is 333. The Morgan fingerprint density at radius 3 is 2.17 bits per heavy atom. The second-order valence-electron chi connectivity index (χ2n) is 3.88. The molecule has 18 heavy (non-hydrogen) atoms. The molecule has 0 aliphatic carbocycles. The zero-order valence-corrected chi connectivity index (χ0v) is 12.0. The van der Waals surface area contributed by atoms with Crippen LogP contribution in [0.15, 0.2) is 30.3 Å². The van der Waals surface area contributed by atoms with Crippen LogP contribution in [0.3, 0.4) is 0 Å². The van der Waals surface area contributed by atoms with Crippen LogP contribution in [-0.2, 0) is 13.3 Å². The van der Waals surface area contributed by atoms with Gasteiger partial charge in [-0.05, 0) is 13.0 Å². The van der Waals surface area contributed by atoms with Crippen LogP contribution in [0, 0.1) is 0 Å². The average Bonchev–Trinajstić information content (AvgIpc) is 2.45. The van der Waals surface area contributed by atoms with Crippen LogP contribution < -0.4 is 16.7 Å². The van der Waals surface area contributed by atoms with Gasteiger partial charge < -0.3 is 24.7 Å². The van der Waals surface area contributed by atoms with Gasteiger partial charge in [0, 0.05) is 26.0 Å². The van der Waals surface area contributed by atoms with Crippen molar-refractivity contribution in [2.45, 2.75) is 12.5 Å². The first-order valence-electron chi connectivity index (χ1n) is 5.96. The SMILES string of the molecule is CO[Si](OC)(OC(CN)CCN)c1ccccc1. The van der Waals surface area contributed by atoms with Gasteiger partial charge in [-0.1, -0.05) is 30.3 Å². The Morgan fingerprint density at radius 1 is 1.11 bits per heavy atom. The van der Waals surface area contributed by atoms with Crippen molar-refractivity contribution < 1.29 is 13.3 Å². The van der Waals surface area contributed by atoms with Crippen LogP contribution in [0.25, 0.3) is 0 Å². The number of benzene rings is 1. The minimum absolute atomic E-state index is 0.151. The lowest BCUT2D eigenvalue weighted by Gasteiger charge is -2.30. The summed E-state index contributed by atoms with van der Waals surface area (Å²) in [5.74, 6) is 0. The molecule has 1 aromatic rings. The molecular formula is C12H22N2O3Si. The molecular weight excluding hydrogens is 248 g/mol. The number of hydrogen-bond donors (Lipinski definition) is 2.